The zero-order valence-corrected chi connectivity index (χ0v) is 9.24. The van der Waals surface area contributed by atoms with Gasteiger partial charge in [-0.05, 0) is 31.9 Å². The number of methoxy groups -OCH3 is 1. The van der Waals surface area contributed by atoms with Crippen molar-refractivity contribution in [1.82, 2.24) is 0 Å². The molecule has 1 aromatic carbocycles. The van der Waals surface area contributed by atoms with E-state index in [1.165, 1.54) is 0 Å². The quantitative estimate of drug-likeness (QED) is 0.801. The number of ether oxygens (including phenoxy) is 1. The van der Waals surface area contributed by atoms with Crippen molar-refractivity contribution in [3.8, 4) is 0 Å². The van der Waals surface area contributed by atoms with Crippen LogP contribution in [-0.2, 0) is 10.3 Å². The molecule has 0 amide bonds. The zero-order chi connectivity index (χ0) is 10.8. The Morgan fingerprint density at radius 3 is 2.50 bits per heavy atom. The summed E-state index contributed by atoms with van der Waals surface area (Å²) in [5, 5.41) is 9.45. The molecule has 0 aliphatic carbocycles. The molecule has 0 aliphatic rings. The van der Waals surface area contributed by atoms with Crippen LogP contribution in [0.5, 0.6) is 0 Å². The first kappa shape index (κ1) is 11.2. The maximum atomic E-state index is 9.45. The highest BCUT2D eigenvalue weighted by Gasteiger charge is 2.19. The maximum absolute atomic E-state index is 9.45. The molecule has 0 fully saturated rings. The molecule has 1 rings (SSSR count). The largest absolute Gasteiger partial charge is 0.389 e. The first-order valence-electron chi connectivity index (χ1n) is 4.81. The van der Waals surface area contributed by atoms with Gasteiger partial charge in [-0.3, -0.25) is 0 Å². The van der Waals surface area contributed by atoms with E-state index in [-0.39, 0.29) is 5.60 Å². The minimum Gasteiger partial charge on any atom is -0.389 e. The molecule has 0 bridgehead atoms. The molecule has 1 N–H and O–H groups in total. The van der Waals surface area contributed by atoms with Crippen molar-refractivity contribution in [2.24, 2.45) is 0 Å². The van der Waals surface area contributed by atoms with Crippen LogP contribution < -0.4 is 0 Å². The van der Waals surface area contributed by atoms with E-state index in [2.05, 4.69) is 0 Å². The van der Waals surface area contributed by atoms with Crippen molar-refractivity contribution >= 4 is 0 Å². The summed E-state index contributed by atoms with van der Waals surface area (Å²) in [5.41, 5.74) is 1.70. The Bertz CT molecular complexity index is 303. The first-order valence-corrected chi connectivity index (χ1v) is 4.81. The minimum absolute atomic E-state index is 0.301. The first-order chi connectivity index (χ1) is 6.47. The summed E-state index contributed by atoms with van der Waals surface area (Å²) in [6, 6.07) is 7.85. The average molecular weight is 194 g/mol. The summed E-state index contributed by atoms with van der Waals surface area (Å²) in [5.74, 6) is 0. The Labute approximate surface area is 85.5 Å². The van der Waals surface area contributed by atoms with Gasteiger partial charge in [0.2, 0.25) is 0 Å². The van der Waals surface area contributed by atoms with Crippen LogP contribution in [0.4, 0.5) is 0 Å². The van der Waals surface area contributed by atoms with Gasteiger partial charge in [-0.15, -0.1) is 0 Å². The van der Waals surface area contributed by atoms with Gasteiger partial charge in [0, 0.05) is 7.11 Å². The molecule has 14 heavy (non-hydrogen) atoms. The second-order valence-corrected chi connectivity index (χ2v) is 4.02. The Hall–Kier alpha value is -0.860. The summed E-state index contributed by atoms with van der Waals surface area (Å²) >= 11 is 0. The third-order valence-corrected chi connectivity index (χ3v) is 2.57. The van der Waals surface area contributed by atoms with Crippen LogP contribution in [0, 0.1) is 0 Å². The second-order valence-electron chi connectivity index (χ2n) is 4.02. The zero-order valence-electron chi connectivity index (χ0n) is 9.24. The van der Waals surface area contributed by atoms with E-state index in [0.717, 1.165) is 11.1 Å². The van der Waals surface area contributed by atoms with E-state index in [1.807, 2.05) is 38.1 Å². The fourth-order valence-electron chi connectivity index (χ4n) is 1.29. The van der Waals surface area contributed by atoms with E-state index in [0.29, 0.717) is 0 Å². The monoisotopic (exact) mass is 194 g/mol. The normalized spacial score (nSPS) is 14.1. The third kappa shape index (κ3) is 2.34. The highest BCUT2D eigenvalue weighted by Crippen LogP contribution is 2.25. The molecule has 0 saturated carbocycles. The molecular weight excluding hydrogens is 176 g/mol. The van der Waals surface area contributed by atoms with Crippen molar-refractivity contribution in [3.63, 3.8) is 0 Å². The van der Waals surface area contributed by atoms with Crippen molar-refractivity contribution in [2.45, 2.75) is 32.5 Å². The molecule has 0 saturated heterocycles. The van der Waals surface area contributed by atoms with Gasteiger partial charge in [0.05, 0.1) is 11.7 Å². The third-order valence-electron chi connectivity index (χ3n) is 2.57. The topological polar surface area (TPSA) is 29.5 Å². The van der Waals surface area contributed by atoms with Crippen LogP contribution in [0.3, 0.4) is 0 Å². The van der Waals surface area contributed by atoms with E-state index >= 15 is 0 Å². The Morgan fingerprint density at radius 2 is 2.00 bits per heavy atom. The van der Waals surface area contributed by atoms with Crippen molar-refractivity contribution in [1.29, 1.82) is 0 Å². The Kier molecular flexibility index (Phi) is 3.29. The summed E-state index contributed by atoms with van der Waals surface area (Å²) in [7, 11) is 1.69. The van der Waals surface area contributed by atoms with E-state index in [4.69, 9.17) is 4.74 Å². The van der Waals surface area contributed by atoms with Crippen LogP contribution in [0.25, 0.3) is 0 Å². The molecule has 2 heteroatoms. The molecular formula is C12H18O2. The lowest BCUT2D eigenvalue weighted by atomic mass is 9.95. The lowest BCUT2D eigenvalue weighted by Gasteiger charge is -2.24. The van der Waals surface area contributed by atoms with Gasteiger partial charge in [0.15, 0.2) is 0 Å². The SMILES string of the molecule is COC(C)(C)c1cccc(C(C)O)c1. The van der Waals surface area contributed by atoms with Gasteiger partial charge in [-0.2, -0.15) is 0 Å². The number of hydrogen-bond acceptors (Lipinski definition) is 2. The predicted molar refractivity (Wildman–Crippen MR) is 57.1 cm³/mol. The predicted octanol–water partition coefficient (Wildman–Crippen LogP) is 2.62. The van der Waals surface area contributed by atoms with E-state index < -0.39 is 6.10 Å². The minimum atomic E-state index is -0.428. The molecule has 78 valence electrons. The molecule has 0 radical (unpaired) electrons. The number of benzene rings is 1. The fourth-order valence-corrected chi connectivity index (χ4v) is 1.29. The Morgan fingerprint density at radius 1 is 1.36 bits per heavy atom. The van der Waals surface area contributed by atoms with E-state index in [9.17, 15) is 5.11 Å². The maximum Gasteiger partial charge on any atom is 0.0871 e. The van der Waals surface area contributed by atoms with Crippen molar-refractivity contribution in [2.75, 3.05) is 7.11 Å². The van der Waals surface area contributed by atoms with Gasteiger partial charge < -0.3 is 9.84 Å². The highest BCUT2D eigenvalue weighted by atomic mass is 16.5. The molecule has 2 nitrogen and oxygen atoms in total. The highest BCUT2D eigenvalue weighted by molar-refractivity contribution is 5.28. The number of aliphatic hydroxyl groups excluding tert-OH is 1. The van der Waals surface area contributed by atoms with E-state index in [1.54, 1.807) is 14.0 Å². The standard InChI is InChI=1S/C12H18O2/c1-9(13)10-6-5-7-11(8-10)12(2,3)14-4/h5-9,13H,1-4H3. The molecule has 1 atom stereocenters. The lowest BCUT2D eigenvalue weighted by molar-refractivity contribution is 0.0190. The molecule has 0 aromatic heterocycles. The van der Waals surface area contributed by atoms with Crippen LogP contribution >= 0.6 is 0 Å². The summed E-state index contributed by atoms with van der Waals surface area (Å²) in [6.07, 6.45) is -0.428. The molecule has 1 unspecified atom stereocenters. The summed E-state index contributed by atoms with van der Waals surface area (Å²) in [6.45, 7) is 5.78. The van der Waals surface area contributed by atoms with Crippen LogP contribution in [0.2, 0.25) is 0 Å². The molecule has 0 heterocycles. The van der Waals surface area contributed by atoms with Crippen molar-refractivity contribution in [3.05, 3.63) is 35.4 Å². The van der Waals surface area contributed by atoms with Crippen LogP contribution in [0.1, 0.15) is 38.0 Å². The summed E-state index contributed by atoms with van der Waals surface area (Å²) < 4.78 is 5.38. The van der Waals surface area contributed by atoms with Gasteiger partial charge in [-0.25, -0.2) is 0 Å². The number of aliphatic hydroxyl groups is 1. The molecule has 1 aromatic rings. The summed E-state index contributed by atoms with van der Waals surface area (Å²) in [4.78, 5) is 0. The lowest BCUT2D eigenvalue weighted by Crippen LogP contribution is -2.19. The van der Waals surface area contributed by atoms with Gasteiger partial charge >= 0.3 is 0 Å². The average Bonchev–Trinajstić information content (AvgIpc) is 2.18. The molecule has 0 aliphatic heterocycles. The van der Waals surface area contributed by atoms with Gasteiger partial charge in [0.1, 0.15) is 0 Å². The van der Waals surface area contributed by atoms with Crippen molar-refractivity contribution < 1.29 is 9.84 Å². The number of hydrogen-bond donors (Lipinski definition) is 1. The number of rotatable bonds is 3. The van der Waals surface area contributed by atoms with Gasteiger partial charge in [-0.1, -0.05) is 24.3 Å². The van der Waals surface area contributed by atoms with Crippen LogP contribution in [0.15, 0.2) is 24.3 Å². The van der Waals surface area contributed by atoms with Gasteiger partial charge in [0.25, 0.3) is 0 Å². The fraction of sp³-hybridized carbons (Fsp3) is 0.500. The van der Waals surface area contributed by atoms with Crippen LogP contribution in [-0.4, -0.2) is 12.2 Å². The Balaban J connectivity index is 3.05. The second kappa shape index (κ2) is 4.11. The molecule has 0 spiro atoms. The smallest absolute Gasteiger partial charge is 0.0871 e.